The van der Waals surface area contributed by atoms with Gasteiger partial charge < -0.3 is 10.7 Å². The normalized spacial score (nSPS) is 11.9. The molecule has 108 valence electrons. The molecule has 0 radical (unpaired) electrons. The molecule has 0 unspecified atom stereocenters. The number of nitrogens with two attached hydrogens (primary N) is 1. The van der Waals surface area contributed by atoms with Crippen molar-refractivity contribution in [3.63, 3.8) is 0 Å². The van der Waals surface area contributed by atoms with Crippen LogP contribution in [0.2, 0.25) is 0 Å². The monoisotopic (exact) mass is 413 g/mol. The van der Waals surface area contributed by atoms with Crippen LogP contribution >= 0.6 is 22.6 Å². The Morgan fingerprint density at radius 1 is 1.14 bits per heavy atom. The number of nitrogens with one attached hydrogen (secondary N) is 1. The van der Waals surface area contributed by atoms with Gasteiger partial charge in [-0.25, -0.2) is 13.4 Å². The Labute approximate surface area is 135 Å². The van der Waals surface area contributed by atoms with Crippen molar-refractivity contribution in [2.24, 2.45) is 0 Å². The Hall–Kier alpha value is -1.61. The third-order valence-electron chi connectivity index (χ3n) is 3.05. The van der Waals surface area contributed by atoms with Gasteiger partial charge in [-0.05, 0) is 58.5 Å². The predicted octanol–water partition coefficient (Wildman–Crippen LogP) is 2.72. The maximum absolute atomic E-state index is 12.4. The summed E-state index contributed by atoms with van der Waals surface area (Å²) in [5.74, 6) is -0.0841. The number of benzene rings is 2. The smallest absolute Gasteiger partial charge is 0.226 e. The van der Waals surface area contributed by atoms with Crippen LogP contribution in [0.1, 0.15) is 5.56 Å². The lowest BCUT2D eigenvalue weighted by molar-refractivity contribution is 0.588. The number of aromatic nitrogens is 2. The number of hydrogen-bond donors (Lipinski definition) is 2. The lowest BCUT2D eigenvalue weighted by Crippen LogP contribution is -2.06. The zero-order valence-corrected chi connectivity index (χ0v) is 13.8. The molecule has 0 bridgehead atoms. The number of fused-ring (bicyclic) bond motifs is 1. The van der Waals surface area contributed by atoms with E-state index in [1.54, 1.807) is 30.3 Å². The molecule has 0 aliphatic rings. The summed E-state index contributed by atoms with van der Waals surface area (Å²) in [6.07, 6.45) is 0. The Morgan fingerprint density at radius 2 is 1.86 bits per heavy atom. The highest BCUT2D eigenvalue weighted by atomic mass is 127. The predicted molar refractivity (Wildman–Crippen MR) is 90.6 cm³/mol. The van der Waals surface area contributed by atoms with Gasteiger partial charge >= 0.3 is 0 Å². The molecule has 2 aromatic carbocycles. The van der Waals surface area contributed by atoms with E-state index in [1.807, 2.05) is 12.1 Å². The molecule has 7 heteroatoms. The van der Waals surface area contributed by atoms with Gasteiger partial charge in [0, 0.05) is 9.26 Å². The van der Waals surface area contributed by atoms with Crippen molar-refractivity contribution >= 4 is 49.1 Å². The molecular weight excluding hydrogens is 401 g/mol. The molecule has 3 rings (SSSR count). The van der Waals surface area contributed by atoms with Crippen molar-refractivity contribution in [3.05, 3.63) is 51.6 Å². The zero-order chi connectivity index (χ0) is 15.0. The summed E-state index contributed by atoms with van der Waals surface area (Å²) in [6.45, 7) is 0. The highest BCUT2D eigenvalue weighted by Gasteiger charge is 2.19. The van der Waals surface area contributed by atoms with Gasteiger partial charge in [-0.15, -0.1) is 0 Å². The Balaban J connectivity index is 1.97. The SMILES string of the molecule is Nc1ccc2nc(S(=O)(=O)Cc3ccc(I)cc3)[nH]c2c1. The number of halogens is 1. The van der Waals surface area contributed by atoms with Crippen LogP contribution in [0.25, 0.3) is 11.0 Å². The standard InChI is InChI=1S/C14H12IN3O2S/c15-10-3-1-9(2-4-10)8-21(19,20)14-17-12-6-5-11(16)7-13(12)18-14/h1-7H,8,16H2,(H,17,18). The van der Waals surface area contributed by atoms with E-state index in [0.29, 0.717) is 16.7 Å². The van der Waals surface area contributed by atoms with Gasteiger partial charge in [0.1, 0.15) is 0 Å². The average Bonchev–Trinajstić information content (AvgIpc) is 2.85. The number of nitrogen functional groups attached to an aromatic ring is 1. The van der Waals surface area contributed by atoms with E-state index in [0.717, 1.165) is 9.13 Å². The first-order valence-electron chi connectivity index (χ1n) is 6.16. The number of rotatable bonds is 3. The maximum atomic E-state index is 12.4. The van der Waals surface area contributed by atoms with Gasteiger partial charge in [0.25, 0.3) is 0 Å². The van der Waals surface area contributed by atoms with Gasteiger partial charge in [0.05, 0.1) is 16.8 Å². The van der Waals surface area contributed by atoms with Gasteiger partial charge in [0.15, 0.2) is 0 Å². The number of sulfone groups is 1. The summed E-state index contributed by atoms with van der Waals surface area (Å²) in [6, 6.07) is 12.4. The van der Waals surface area contributed by atoms with Crippen LogP contribution in [0.15, 0.2) is 47.6 Å². The molecule has 0 saturated heterocycles. The Kier molecular flexibility index (Phi) is 3.62. The fraction of sp³-hybridized carbons (Fsp3) is 0.0714. The number of nitrogens with zero attached hydrogens (tertiary/aromatic N) is 1. The fourth-order valence-corrected chi connectivity index (χ4v) is 3.65. The average molecular weight is 413 g/mol. The third-order valence-corrected chi connectivity index (χ3v) is 5.26. The van der Waals surface area contributed by atoms with Crippen LogP contribution in [-0.4, -0.2) is 18.4 Å². The minimum Gasteiger partial charge on any atom is -0.399 e. The van der Waals surface area contributed by atoms with E-state index in [1.165, 1.54) is 0 Å². The second-order valence-corrected chi connectivity index (χ2v) is 7.85. The first kappa shape index (κ1) is 14.3. The summed E-state index contributed by atoms with van der Waals surface area (Å²) in [4.78, 5) is 6.97. The molecule has 3 aromatic rings. The van der Waals surface area contributed by atoms with Crippen molar-refractivity contribution in [3.8, 4) is 0 Å². The van der Waals surface area contributed by atoms with Crippen molar-refractivity contribution in [1.82, 2.24) is 9.97 Å². The molecule has 0 aliphatic heterocycles. The summed E-state index contributed by atoms with van der Waals surface area (Å²) in [7, 11) is -3.51. The van der Waals surface area contributed by atoms with E-state index in [9.17, 15) is 8.42 Å². The largest absolute Gasteiger partial charge is 0.399 e. The van der Waals surface area contributed by atoms with Gasteiger partial charge in [0.2, 0.25) is 15.0 Å². The van der Waals surface area contributed by atoms with Gasteiger partial charge in [-0.2, -0.15) is 0 Å². The minimum absolute atomic E-state index is 0.0262. The van der Waals surface area contributed by atoms with Gasteiger partial charge in [-0.3, -0.25) is 0 Å². The molecule has 5 nitrogen and oxygen atoms in total. The molecular formula is C14H12IN3O2S. The van der Waals surface area contributed by atoms with E-state index < -0.39 is 9.84 Å². The molecule has 1 heterocycles. The van der Waals surface area contributed by atoms with Crippen LogP contribution in [-0.2, 0) is 15.6 Å². The first-order chi connectivity index (χ1) is 9.94. The molecule has 21 heavy (non-hydrogen) atoms. The number of imidazole rings is 1. The second kappa shape index (κ2) is 5.30. The number of H-pyrrole nitrogens is 1. The topological polar surface area (TPSA) is 88.8 Å². The molecule has 0 spiro atoms. The molecule has 0 fully saturated rings. The van der Waals surface area contributed by atoms with Crippen LogP contribution in [0, 0.1) is 3.57 Å². The maximum Gasteiger partial charge on any atom is 0.226 e. The molecule has 0 aliphatic carbocycles. The van der Waals surface area contributed by atoms with E-state index in [2.05, 4.69) is 32.6 Å². The quantitative estimate of drug-likeness (QED) is 0.511. The zero-order valence-electron chi connectivity index (χ0n) is 10.9. The lowest BCUT2D eigenvalue weighted by Gasteiger charge is -2.01. The number of aromatic amines is 1. The van der Waals surface area contributed by atoms with Crippen molar-refractivity contribution in [2.45, 2.75) is 10.9 Å². The Morgan fingerprint density at radius 3 is 2.57 bits per heavy atom. The summed E-state index contributed by atoms with van der Waals surface area (Å²) >= 11 is 2.18. The molecule has 0 saturated carbocycles. The second-order valence-electron chi connectivity index (χ2n) is 4.70. The van der Waals surface area contributed by atoms with Gasteiger partial charge in [-0.1, -0.05) is 12.1 Å². The fourth-order valence-electron chi connectivity index (χ4n) is 2.02. The van der Waals surface area contributed by atoms with Crippen LogP contribution in [0.4, 0.5) is 5.69 Å². The van der Waals surface area contributed by atoms with Crippen LogP contribution in [0.3, 0.4) is 0 Å². The first-order valence-corrected chi connectivity index (χ1v) is 8.89. The molecule has 3 N–H and O–H groups in total. The highest BCUT2D eigenvalue weighted by molar-refractivity contribution is 14.1. The van der Waals surface area contributed by atoms with Crippen LogP contribution in [0.5, 0.6) is 0 Å². The number of hydrogen-bond acceptors (Lipinski definition) is 4. The molecule has 0 atom stereocenters. The van der Waals surface area contributed by atoms with Crippen molar-refractivity contribution in [2.75, 3.05) is 5.73 Å². The summed E-state index contributed by atoms with van der Waals surface area (Å²) < 4.78 is 25.9. The highest BCUT2D eigenvalue weighted by Crippen LogP contribution is 2.20. The third kappa shape index (κ3) is 3.03. The Bertz CT molecular complexity index is 902. The minimum atomic E-state index is -3.51. The number of anilines is 1. The van der Waals surface area contributed by atoms with E-state index >= 15 is 0 Å². The molecule has 0 amide bonds. The van der Waals surface area contributed by atoms with Crippen LogP contribution < -0.4 is 5.73 Å². The van der Waals surface area contributed by atoms with E-state index in [4.69, 9.17) is 5.73 Å². The summed E-state index contributed by atoms with van der Waals surface area (Å²) in [5.41, 5.74) is 8.19. The van der Waals surface area contributed by atoms with E-state index in [-0.39, 0.29) is 10.9 Å². The summed E-state index contributed by atoms with van der Waals surface area (Å²) in [5, 5.41) is -0.0262. The molecule has 1 aromatic heterocycles. The van der Waals surface area contributed by atoms with Crippen molar-refractivity contribution < 1.29 is 8.42 Å². The lowest BCUT2D eigenvalue weighted by atomic mass is 10.2. The van der Waals surface area contributed by atoms with Crippen molar-refractivity contribution in [1.29, 1.82) is 0 Å².